The second kappa shape index (κ2) is 8.38. The Morgan fingerprint density at radius 2 is 1.47 bits per heavy atom. The zero-order valence-electron chi connectivity index (χ0n) is 17.0. The maximum atomic E-state index is 12.2. The van der Waals surface area contributed by atoms with Crippen molar-refractivity contribution in [1.82, 2.24) is 20.1 Å². The molecule has 1 N–H and O–H groups in total. The predicted molar refractivity (Wildman–Crippen MR) is 118 cm³/mol. The van der Waals surface area contributed by atoms with Gasteiger partial charge < -0.3 is 5.32 Å². The van der Waals surface area contributed by atoms with Crippen LogP contribution in [0.15, 0.2) is 73.1 Å². The van der Waals surface area contributed by atoms with Crippen LogP contribution >= 0.6 is 0 Å². The van der Waals surface area contributed by atoms with Gasteiger partial charge in [0.15, 0.2) is 0 Å². The van der Waals surface area contributed by atoms with Gasteiger partial charge in [-0.3, -0.25) is 19.6 Å². The van der Waals surface area contributed by atoms with Gasteiger partial charge in [-0.05, 0) is 34.4 Å². The lowest BCUT2D eigenvalue weighted by atomic mass is 10.0. The van der Waals surface area contributed by atoms with Crippen LogP contribution in [0.1, 0.15) is 27.5 Å². The summed E-state index contributed by atoms with van der Waals surface area (Å²) in [6.07, 6.45) is 3.29. The molecule has 1 aliphatic carbocycles. The van der Waals surface area contributed by atoms with E-state index in [1.165, 1.54) is 22.3 Å². The minimum Gasteiger partial charge on any atom is -0.351 e. The molecule has 152 valence electrons. The standard InChI is InChI=1S/C25H26N4O/c30-25(19-9-11-26-12-10-19)27-13-14-28-15-17-29(18-16-28)24-22-7-3-1-5-20(22)21-6-2-4-8-23(21)24/h1-12,24H,13-18H2,(H,27,30). The summed E-state index contributed by atoms with van der Waals surface area (Å²) in [7, 11) is 0. The normalized spacial score (nSPS) is 16.8. The molecule has 3 aromatic rings. The maximum absolute atomic E-state index is 12.2. The van der Waals surface area contributed by atoms with Crippen molar-refractivity contribution in [2.24, 2.45) is 0 Å². The minimum absolute atomic E-state index is 0.0322. The number of piperazine rings is 1. The zero-order chi connectivity index (χ0) is 20.3. The van der Waals surface area contributed by atoms with Crippen LogP contribution in [0.2, 0.25) is 0 Å². The molecule has 0 unspecified atom stereocenters. The summed E-state index contributed by atoms with van der Waals surface area (Å²) < 4.78 is 0. The average Bonchev–Trinajstić information content (AvgIpc) is 3.15. The van der Waals surface area contributed by atoms with Gasteiger partial charge in [-0.1, -0.05) is 48.5 Å². The Morgan fingerprint density at radius 1 is 0.867 bits per heavy atom. The Hall–Kier alpha value is -3.02. The molecule has 2 heterocycles. The number of hydrogen-bond donors (Lipinski definition) is 1. The van der Waals surface area contributed by atoms with Gasteiger partial charge in [0.05, 0.1) is 6.04 Å². The van der Waals surface area contributed by atoms with Gasteiger partial charge in [-0.2, -0.15) is 0 Å². The molecule has 5 heteroatoms. The summed E-state index contributed by atoms with van der Waals surface area (Å²) in [6.45, 7) is 5.65. The van der Waals surface area contributed by atoms with E-state index in [9.17, 15) is 4.79 Å². The van der Waals surface area contributed by atoms with Crippen molar-refractivity contribution >= 4 is 5.91 Å². The molecule has 1 fully saturated rings. The van der Waals surface area contributed by atoms with Crippen molar-refractivity contribution in [1.29, 1.82) is 0 Å². The first-order valence-corrected chi connectivity index (χ1v) is 10.6. The highest BCUT2D eigenvalue weighted by molar-refractivity contribution is 5.93. The fourth-order valence-electron chi connectivity index (χ4n) is 4.70. The van der Waals surface area contributed by atoms with Gasteiger partial charge >= 0.3 is 0 Å². The van der Waals surface area contributed by atoms with Crippen LogP contribution in [0.3, 0.4) is 0 Å². The number of pyridine rings is 1. The van der Waals surface area contributed by atoms with E-state index in [0.717, 1.165) is 32.7 Å². The van der Waals surface area contributed by atoms with Gasteiger partial charge in [0.25, 0.3) is 5.91 Å². The van der Waals surface area contributed by atoms with E-state index in [-0.39, 0.29) is 5.91 Å². The molecule has 5 nitrogen and oxygen atoms in total. The molecule has 5 rings (SSSR count). The number of carbonyl (C=O) groups is 1. The Kier molecular flexibility index (Phi) is 5.30. The molecule has 0 spiro atoms. The van der Waals surface area contributed by atoms with Gasteiger partial charge in [0, 0.05) is 57.2 Å². The fourth-order valence-corrected chi connectivity index (χ4v) is 4.70. The first kappa shape index (κ1) is 19.0. The summed E-state index contributed by atoms with van der Waals surface area (Å²) >= 11 is 0. The Morgan fingerprint density at radius 3 is 2.10 bits per heavy atom. The molecule has 2 aromatic carbocycles. The third-order valence-electron chi connectivity index (χ3n) is 6.23. The number of nitrogens with zero attached hydrogens (tertiary/aromatic N) is 3. The van der Waals surface area contributed by atoms with Gasteiger partial charge in [-0.15, -0.1) is 0 Å². The van der Waals surface area contributed by atoms with Crippen molar-refractivity contribution in [2.75, 3.05) is 39.3 Å². The average molecular weight is 399 g/mol. The van der Waals surface area contributed by atoms with Crippen LogP contribution < -0.4 is 5.32 Å². The summed E-state index contributed by atoms with van der Waals surface area (Å²) in [5.74, 6) is -0.0322. The van der Waals surface area contributed by atoms with Crippen LogP contribution in [0.5, 0.6) is 0 Å². The predicted octanol–water partition coefficient (Wildman–Crippen LogP) is 3.20. The first-order valence-electron chi connectivity index (χ1n) is 10.6. The Bertz CT molecular complexity index is 983. The number of nitrogens with one attached hydrogen (secondary N) is 1. The minimum atomic E-state index is -0.0322. The van der Waals surface area contributed by atoms with E-state index >= 15 is 0 Å². The topological polar surface area (TPSA) is 48.5 Å². The molecule has 1 aliphatic heterocycles. The van der Waals surface area contributed by atoms with E-state index in [1.54, 1.807) is 24.5 Å². The summed E-state index contributed by atoms with van der Waals surface area (Å²) in [5, 5.41) is 3.02. The van der Waals surface area contributed by atoms with Crippen molar-refractivity contribution in [3.05, 3.63) is 89.7 Å². The number of fused-ring (bicyclic) bond motifs is 3. The highest BCUT2D eigenvalue weighted by atomic mass is 16.1. The fraction of sp³-hybridized carbons (Fsp3) is 0.280. The Labute approximate surface area is 177 Å². The molecular formula is C25H26N4O. The third-order valence-corrected chi connectivity index (χ3v) is 6.23. The highest BCUT2D eigenvalue weighted by Crippen LogP contribution is 2.46. The molecule has 0 bridgehead atoms. The lowest BCUT2D eigenvalue weighted by Crippen LogP contribution is -2.49. The molecule has 1 saturated heterocycles. The molecule has 2 aliphatic rings. The smallest absolute Gasteiger partial charge is 0.251 e. The first-order chi connectivity index (χ1) is 14.8. The molecule has 30 heavy (non-hydrogen) atoms. The summed E-state index contributed by atoms with van der Waals surface area (Å²) in [5.41, 5.74) is 6.26. The molecule has 1 aromatic heterocycles. The third kappa shape index (κ3) is 3.62. The van der Waals surface area contributed by atoms with Gasteiger partial charge in [-0.25, -0.2) is 0 Å². The molecule has 0 radical (unpaired) electrons. The van der Waals surface area contributed by atoms with Crippen molar-refractivity contribution in [3.8, 4) is 11.1 Å². The van der Waals surface area contributed by atoms with Crippen LogP contribution in [0.4, 0.5) is 0 Å². The number of carbonyl (C=O) groups excluding carboxylic acids is 1. The van der Waals surface area contributed by atoms with Gasteiger partial charge in [0.1, 0.15) is 0 Å². The Balaban J connectivity index is 1.18. The number of rotatable bonds is 5. The number of benzene rings is 2. The quantitative estimate of drug-likeness (QED) is 0.717. The van der Waals surface area contributed by atoms with Gasteiger partial charge in [0.2, 0.25) is 0 Å². The SMILES string of the molecule is O=C(NCCN1CCN(C2c3ccccc3-c3ccccc32)CC1)c1ccncc1. The molecule has 0 saturated carbocycles. The number of aromatic nitrogens is 1. The summed E-state index contributed by atoms with van der Waals surface area (Å²) in [4.78, 5) is 21.2. The molecular weight excluding hydrogens is 372 g/mol. The van der Waals surface area contributed by atoms with E-state index in [2.05, 4.69) is 68.6 Å². The van der Waals surface area contributed by atoms with Crippen LogP contribution in [0, 0.1) is 0 Å². The van der Waals surface area contributed by atoms with Crippen LogP contribution in [0.25, 0.3) is 11.1 Å². The lowest BCUT2D eigenvalue weighted by molar-refractivity contribution is 0.0922. The molecule has 0 atom stereocenters. The highest BCUT2D eigenvalue weighted by Gasteiger charge is 2.33. The second-order valence-corrected chi connectivity index (χ2v) is 7.95. The van der Waals surface area contributed by atoms with Crippen LogP contribution in [-0.2, 0) is 0 Å². The van der Waals surface area contributed by atoms with E-state index in [4.69, 9.17) is 0 Å². The van der Waals surface area contributed by atoms with E-state index in [0.29, 0.717) is 18.2 Å². The van der Waals surface area contributed by atoms with E-state index in [1.807, 2.05) is 0 Å². The van der Waals surface area contributed by atoms with Crippen molar-refractivity contribution in [3.63, 3.8) is 0 Å². The van der Waals surface area contributed by atoms with Crippen molar-refractivity contribution < 1.29 is 4.79 Å². The number of hydrogen-bond acceptors (Lipinski definition) is 4. The monoisotopic (exact) mass is 398 g/mol. The lowest BCUT2D eigenvalue weighted by Gasteiger charge is -2.38. The van der Waals surface area contributed by atoms with Crippen LogP contribution in [-0.4, -0.2) is 60.0 Å². The summed E-state index contributed by atoms with van der Waals surface area (Å²) in [6, 6.07) is 21.5. The van der Waals surface area contributed by atoms with Crippen molar-refractivity contribution in [2.45, 2.75) is 6.04 Å². The maximum Gasteiger partial charge on any atom is 0.251 e. The second-order valence-electron chi connectivity index (χ2n) is 7.95. The number of amides is 1. The zero-order valence-corrected chi connectivity index (χ0v) is 17.0. The van der Waals surface area contributed by atoms with E-state index < -0.39 is 0 Å². The molecule has 1 amide bonds. The largest absolute Gasteiger partial charge is 0.351 e.